The summed E-state index contributed by atoms with van der Waals surface area (Å²) in [6, 6.07) is 22.3. The summed E-state index contributed by atoms with van der Waals surface area (Å²) in [7, 11) is 1.50. The monoisotopic (exact) mass is 572 g/mol. The van der Waals surface area contributed by atoms with Crippen molar-refractivity contribution in [3.05, 3.63) is 99.8 Å². The molecule has 1 aliphatic heterocycles. The van der Waals surface area contributed by atoms with Crippen LogP contribution in [0.5, 0.6) is 5.75 Å². The minimum Gasteiger partial charge on any atom is -0.495 e. The highest BCUT2D eigenvalue weighted by Crippen LogP contribution is 2.30. The maximum absolute atomic E-state index is 13.2. The van der Waals surface area contributed by atoms with Gasteiger partial charge in [-0.05, 0) is 48.9 Å². The smallest absolute Gasteiger partial charge is 0.329 e. The summed E-state index contributed by atoms with van der Waals surface area (Å²) < 4.78 is 8.44. The number of nitrogens with one attached hydrogen (secondary N) is 2. The van der Waals surface area contributed by atoms with E-state index >= 15 is 0 Å². The Labute approximate surface area is 228 Å². The third-order valence-corrected chi connectivity index (χ3v) is 7.00. The van der Waals surface area contributed by atoms with Crippen molar-refractivity contribution in [3.63, 3.8) is 0 Å². The Bertz CT molecular complexity index is 1590. The van der Waals surface area contributed by atoms with Crippen LogP contribution in [0.2, 0.25) is 0 Å². The number of anilines is 1. The highest BCUT2D eigenvalue weighted by Gasteiger charge is 2.35. The molecule has 2 heterocycles. The fourth-order valence-electron chi connectivity index (χ4n) is 4.56. The van der Waals surface area contributed by atoms with Crippen molar-refractivity contribution >= 4 is 56.4 Å². The molecule has 0 radical (unpaired) electrons. The number of carbonyl (C=O) groups excluding carboxylic acids is 3. The predicted molar refractivity (Wildman–Crippen MR) is 150 cm³/mol. The molecule has 0 spiro atoms. The molecule has 0 saturated carbocycles. The number of imide groups is 1. The van der Waals surface area contributed by atoms with E-state index in [0.29, 0.717) is 18.0 Å². The van der Waals surface area contributed by atoms with E-state index < -0.39 is 24.4 Å². The minimum absolute atomic E-state index is 0.120. The van der Waals surface area contributed by atoms with Gasteiger partial charge in [0.25, 0.3) is 5.91 Å². The van der Waals surface area contributed by atoms with Gasteiger partial charge in [0, 0.05) is 33.2 Å². The number of aromatic nitrogens is 1. The summed E-state index contributed by atoms with van der Waals surface area (Å²) in [4.78, 5) is 39.4. The summed E-state index contributed by atoms with van der Waals surface area (Å²) in [6.45, 7) is 2.22. The maximum atomic E-state index is 13.2. The number of urea groups is 1. The van der Waals surface area contributed by atoms with E-state index in [1.165, 1.54) is 7.11 Å². The zero-order chi connectivity index (χ0) is 26.8. The van der Waals surface area contributed by atoms with Crippen LogP contribution < -0.4 is 15.4 Å². The first kappa shape index (κ1) is 25.3. The molecule has 1 fully saturated rings. The number of hydrogen-bond acceptors (Lipinski definition) is 4. The number of para-hydroxylation sites is 3. The van der Waals surface area contributed by atoms with Crippen molar-refractivity contribution < 1.29 is 19.1 Å². The Morgan fingerprint density at radius 2 is 1.74 bits per heavy atom. The van der Waals surface area contributed by atoms with E-state index in [0.717, 1.165) is 37.1 Å². The van der Waals surface area contributed by atoms with Crippen LogP contribution in [0.15, 0.2) is 83.0 Å². The SMILES string of the molecule is COc1ccccc1NC(=O)CN1C(=O)N/C(=C/c2c(C)n(Cc3ccc(Br)cc3)c3ccccc23)C1=O. The standard InChI is InChI=1S/C29H25BrN4O4/c1-18-22(21-7-3-5-9-25(21)33(18)16-19-11-13-20(30)14-12-19)15-24-28(36)34(29(37)32-24)17-27(35)31-23-8-4-6-10-26(23)38-2/h3-15H,16-17H2,1-2H3,(H,31,35)(H,32,37)/b24-15+. The van der Waals surface area contributed by atoms with Crippen LogP contribution in [0.1, 0.15) is 16.8 Å². The number of benzene rings is 3. The molecule has 192 valence electrons. The van der Waals surface area contributed by atoms with Crippen molar-refractivity contribution in [1.82, 2.24) is 14.8 Å². The lowest BCUT2D eigenvalue weighted by atomic mass is 10.1. The van der Waals surface area contributed by atoms with Gasteiger partial charge in [0.05, 0.1) is 12.8 Å². The van der Waals surface area contributed by atoms with E-state index in [-0.39, 0.29) is 5.70 Å². The summed E-state index contributed by atoms with van der Waals surface area (Å²) in [5, 5.41) is 6.29. The van der Waals surface area contributed by atoms with E-state index in [2.05, 4.69) is 43.3 Å². The minimum atomic E-state index is -0.646. The number of ether oxygens (including phenoxy) is 1. The first-order valence-electron chi connectivity index (χ1n) is 12.0. The maximum Gasteiger partial charge on any atom is 0.329 e. The number of rotatable bonds is 7. The zero-order valence-electron chi connectivity index (χ0n) is 20.8. The normalized spacial score (nSPS) is 14.3. The van der Waals surface area contributed by atoms with Crippen molar-refractivity contribution in [2.24, 2.45) is 0 Å². The van der Waals surface area contributed by atoms with E-state index in [1.807, 2.05) is 43.3 Å². The fourth-order valence-corrected chi connectivity index (χ4v) is 4.82. The van der Waals surface area contributed by atoms with Crippen LogP contribution in [0.4, 0.5) is 10.5 Å². The summed E-state index contributed by atoms with van der Waals surface area (Å²) >= 11 is 3.48. The number of amides is 4. The first-order chi connectivity index (χ1) is 18.4. The molecule has 1 saturated heterocycles. The average Bonchev–Trinajstić information content (AvgIpc) is 3.33. The second-order valence-corrected chi connectivity index (χ2v) is 9.77. The van der Waals surface area contributed by atoms with Gasteiger partial charge in [-0.2, -0.15) is 0 Å². The van der Waals surface area contributed by atoms with Crippen molar-refractivity contribution in [1.29, 1.82) is 0 Å². The van der Waals surface area contributed by atoms with Crippen LogP contribution in [0, 0.1) is 6.92 Å². The van der Waals surface area contributed by atoms with Gasteiger partial charge in [-0.15, -0.1) is 0 Å². The molecule has 38 heavy (non-hydrogen) atoms. The number of methoxy groups -OCH3 is 1. The van der Waals surface area contributed by atoms with Crippen LogP contribution in [0.3, 0.4) is 0 Å². The highest BCUT2D eigenvalue weighted by atomic mass is 79.9. The Morgan fingerprint density at radius 3 is 2.50 bits per heavy atom. The Balaban J connectivity index is 1.41. The molecule has 1 aromatic heterocycles. The third kappa shape index (κ3) is 4.92. The van der Waals surface area contributed by atoms with Gasteiger partial charge in [-0.1, -0.05) is 58.4 Å². The van der Waals surface area contributed by atoms with Gasteiger partial charge >= 0.3 is 6.03 Å². The van der Waals surface area contributed by atoms with Crippen LogP contribution in [-0.4, -0.2) is 41.0 Å². The second-order valence-electron chi connectivity index (χ2n) is 8.86. The molecule has 1 aliphatic rings. The molecule has 4 aromatic rings. The highest BCUT2D eigenvalue weighted by molar-refractivity contribution is 9.10. The number of halogens is 1. The summed E-state index contributed by atoms with van der Waals surface area (Å²) in [6.07, 6.45) is 1.69. The average molecular weight is 573 g/mol. The zero-order valence-corrected chi connectivity index (χ0v) is 22.4. The molecule has 0 atom stereocenters. The lowest BCUT2D eigenvalue weighted by molar-refractivity contribution is -0.127. The third-order valence-electron chi connectivity index (χ3n) is 6.47. The van der Waals surface area contributed by atoms with Gasteiger partial charge in [-0.25, -0.2) is 9.69 Å². The lowest BCUT2D eigenvalue weighted by Crippen LogP contribution is -2.38. The van der Waals surface area contributed by atoms with E-state index in [4.69, 9.17) is 4.74 Å². The molecule has 9 heteroatoms. The Kier molecular flexibility index (Phi) is 7.02. The number of nitrogens with zero attached hydrogens (tertiary/aromatic N) is 2. The van der Waals surface area contributed by atoms with Crippen molar-refractivity contribution in [2.45, 2.75) is 13.5 Å². The number of fused-ring (bicyclic) bond motifs is 1. The molecule has 5 rings (SSSR count). The molecular formula is C29H25BrN4O4. The molecular weight excluding hydrogens is 548 g/mol. The second kappa shape index (κ2) is 10.5. The van der Waals surface area contributed by atoms with Gasteiger partial charge in [0.1, 0.15) is 18.0 Å². The summed E-state index contributed by atoms with van der Waals surface area (Å²) in [5.41, 5.74) is 4.52. The van der Waals surface area contributed by atoms with Crippen LogP contribution >= 0.6 is 15.9 Å². The van der Waals surface area contributed by atoms with Crippen molar-refractivity contribution in [3.8, 4) is 5.75 Å². The Morgan fingerprint density at radius 1 is 1.03 bits per heavy atom. The van der Waals surface area contributed by atoms with E-state index in [9.17, 15) is 14.4 Å². The lowest BCUT2D eigenvalue weighted by Gasteiger charge is -2.13. The molecule has 3 aromatic carbocycles. The van der Waals surface area contributed by atoms with Crippen LogP contribution in [0.25, 0.3) is 17.0 Å². The largest absolute Gasteiger partial charge is 0.495 e. The number of hydrogen-bond donors (Lipinski definition) is 2. The van der Waals surface area contributed by atoms with Crippen molar-refractivity contribution in [2.75, 3.05) is 19.0 Å². The molecule has 0 bridgehead atoms. The summed E-state index contributed by atoms with van der Waals surface area (Å²) in [5.74, 6) is -0.593. The predicted octanol–water partition coefficient (Wildman–Crippen LogP) is 5.30. The van der Waals surface area contributed by atoms with Gasteiger partial charge in [0.15, 0.2) is 0 Å². The molecule has 0 aliphatic carbocycles. The molecule has 4 amide bonds. The number of carbonyl (C=O) groups is 3. The molecule has 2 N–H and O–H groups in total. The fraction of sp³-hybridized carbons (Fsp3) is 0.138. The molecule has 0 unspecified atom stereocenters. The van der Waals surface area contributed by atoms with E-state index in [1.54, 1.807) is 30.3 Å². The van der Waals surface area contributed by atoms with Crippen LogP contribution in [-0.2, 0) is 16.1 Å². The van der Waals surface area contributed by atoms with Gasteiger partial charge in [-0.3, -0.25) is 9.59 Å². The molecule has 8 nitrogen and oxygen atoms in total. The Hall–Kier alpha value is -4.37. The van der Waals surface area contributed by atoms with Gasteiger partial charge < -0.3 is 19.9 Å². The first-order valence-corrected chi connectivity index (χ1v) is 12.7. The topological polar surface area (TPSA) is 92.7 Å². The van der Waals surface area contributed by atoms with Gasteiger partial charge in [0.2, 0.25) is 5.91 Å². The quantitative estimate of drug-likeness (QED) is 0.232.